The van der Waals surface area contributed by atoms with Crippen molar-refractivity contribution < 1.29 is 24.6 Å². The van der Waals surface area contributed by atoms with Gasteiger partial charge in [0.05, 0.1) is 6.10 Å². The normalized spacial score (nSPS) is 21.6. The summed E-state index contributed by atoms with van der Waals surface area (Å²) >= 11 is 0. The maximum atomic E-state index is 12.3. The third-order valence-electron chi connectivity index (χ3n) is 6.80. The van der Waals surface area contributed by atoms with Crippen molar-refractivity contribution in [2.75, 3.05) is 0 Å². The lowest BCUT2D eigenvalue weighted by Crippen LogP contribution is -2.44. The van der Waals surface area contributed by atoms with Crippen LogP contribution in [0.1, 0.15) is 104 Å². The summed E-state index contributed by atoms with van der Waals surface area (Å²) in [5, 5.41) is 22.0. The Balaban J connectivity index is 2.28. The van der Waals surface area contributed by atoms with Crippen LogP contribution in [0.4, 0.5) is 0 Å². The molecule has 6 nitrogen and oxygen atoms in total. The fraction of sp³-hybridized carbons (Fsp3) is 0.808. The van der Waals surface area contributed by atoms with Crippen LogP contribution in [0, 0.1) is 17.8 Å². The van der Waals surface area contributed by atoms with Crippen molar-refractivity contribution in [3.8, 4) is 0 Å². The lowest BCUT2D eigenvalue weighted by atomic mass is 9.89. The van der Waals surface area contributed by atoms with Crippen LogP contribution in [-0.2, 0) is 14.4 Å². The number of allylic oxidation sites excluding steroid dienone is 1. The number of carboxylic acids is 1. The first-order valence-corrected chi connectivity index (χ1v) is 12.7. The standard InChI is InChI=1S/C26H45NO5/c1-4-6-9-12-21(28)17-15-20-16-18-23(29)22(20)13-10-7-8-11-14-24(30)27-25(26(31)32)19(3)5-2/h15,17,19-22,25,28H,4-14,16,18H2,1-3H3,(H,27,30)(H,31,32). The summed E-state index contributed by atoms with van der Waals surface area (Å²) in [5.74, 6) is -0.645. The molecule has 1 aliphatic carbocycles. The number of hydrogen-bond donors (Lipinski definition) is 3. The molecular formula is C26H45NO5. The molecular weight excluding hydrogens is 406 g/mol. The van der Waals surface area contributed by atoms with Gasteiger partial charge in [-0.1, -0.05) is 77.9 Å². The van der Waals surface area contributed by atoms with Crippen molar-refractivity contribution >= 4 is 17.7 Å². The third kappa shape index (κ3) is 10.8. The van der Waals surface area contributed by atoms with E-state index >= 15 is 0 Å². The zero-order valence-corrected chi connectivity index (χ0v) is 20.4. The number of carbonyl (C=O) groups excluding carboxylic acids is 2. The highest BCUT2D eigenvalue weighted by Crippen LogP contribution is 2.34. The lowest BCUT2D eigenvalue weighted by Gasteiger charge is -2.20. The number of nitrogens with one attached hydrogen (secondary N) is 1. The van der Waals surface area contributed by atoms with E-state index < -0.39 is 18.1 Å². The van der Waals surface area contributed by atoms with E-state index in [0.29, 0.717) is 25.0 Å². The van der Waals surface area contributed by atoms with Crippen molar-refractivity contribution in [1.82, 2.24) is 5.32 Å². The quantitative estimate of drug-likeness (QED) is 0.212. The first kappa shape index (κ1) is 28.3. The van der Waals surface area contributed by atoms with Gasteiger partial charge in [-0.2, -0.15) is 0 Å². The molecule has 1 aliphatic rings. The molecule has 5 atom stereocenters. The highest BCUT2D eigenvalue weighted by Gasteiger charge is 2.32. The minimum absolute atomic E-state index is 0.0595. The molecule has 0 aromatic rings. The topological polar surface area (TPSA) is 104 Å². The molecule has 184 valence electrons. The molecule has 0 aliphatic heterocycles. The second-order valence-corrected chi connectivity index (χ2v) is 9.45. The number of carboxylic acid groups (broad SMARTS) is 1. The molecule has 0 aromatic heterocycles. The van der Waals surface area contributed by atoms with E-state index in [1.54, 1.807) is 0 Å². The number of hydrogen-bond acceptors (Lipinski definition) is 4. The molecule has 6 heteroatoms. The van der Waals surface area contributed by atoms with E-state index in [-0.39, 0.29) is 23.7 Å². The van der Waals surface area contributed by atoms with E-state index in [1.807, 2.05) is 19.9 Å². The average Bonchev–Trinajstić information content (AvgIpc) is 3.11. The molecule has 1 saturated carbocycles. The van der Waals surface area contributed by atoms with Crippen LogP contribution in [0.15, 0.2) is 12.2 Å². The SMILES string of the molecule is CCCCCC(O)C=CC1CCC(=O)C1CCCCCCC(=O)NC(C(=O)O)C(C)CC. The van der Waals surface area contributed by atoms with Gasteiger partial charge >= 0.3 is 5.97 Å². The molecule has 5 unspecified atom stereocenters. The molecule has 0 spiro atoms. The Bertz CT molecular complexity index is 603. The summed E-state index contributed by atoms with van der Waals surface area (Å²) in [5.41, 5.74) is 0. The van der Waals surface area contributed by atoms with Gasteiger partial charge in [-0.15, -0.1) is 0 Å². The number of rotatable bonds is 17. The number of Topliss-reactive ketones (excluding diaryl/α,β-unsaturated/α-hetero) is 1. The Kier molecular flexibility index (Phi) is 14.2. The van der Waals surface area contributed by atoms with Crippen molar-refractivity contribution in [2.45, 2.75) is 116 Å². The predicted octanol–water partition coefficient (Wildman–Crippen LogP) is 5.04. The van der Waals surface area contributed by atoms with Crippen LogP contribution in [0.5, 0.6) is 0 Å². The maximum absolute atomic E-state index is 12.3. The Hall–Kier alpha value is -1.69. The Morgan fingerprint density at radius 3 is 2.50 bits per heavy atom. The molecule has 3 N–H and O–H groups in total. The van der Waals surface area contributed by atoms with Gasteiger partial charge in [0.25, 0.3) is 0 Å². The van der Waals surface area contributed by atoms with Crippen molar-refractivity contribution in [3.63, 3.8) is 0 Å². The number of aliphatic hydroxyl groups is 1. The molecule has 0 saturated heterocycles. The average molecular weight is 452 g/mol. The van der Waals surface area contributed by atoms with E-state index in [4.69, 9.17) is 0 Å². The highest BCUT2D eigenvalue weighted by molar-refractivity contribution is 5.84. The second-order valence-electron chi connectivity index (χ2n) is 9.45. The smallest absolute Gasteiger partial charge is 0.326 e. The summed E-state index contributed by atoms with van der Waals surface area (Å²) in [6.45, 7) is 5.89. The van der Waals surface area contributed by atoms with E-state index in [9.17, 15) is 24.6 Å². The Labute approximate surface area is 194 Å². The molecule has 1 fully saturated rings. The monoisotopic (exact) mass is 451 g/mol. The Morgan fingerprint density at radius 1 is 1.12 bits per heavy atom. The predicted molar refractivity (Wildman–Crippen MR) is 127 cm³/mol. The summed E-state index contributed by atoms with van der Waals surface area (Å²) in [6, 6.07) is -0.823. The number of amides is 1. The maximum Gasteiger partial charge on any atom is 0.326 e. The molecule has 0 radical (unpaired) electrons. The van der Waals surface area contributed by atoms with Crippen LogP contribution >= 0.6 is 0 Å². The van der Waals surface area contributed by atoms with Gasteiger partial charge in [-0.05, 0) is 37.5 Å². The highest BCUT2D eigenvalue weighted by atomic mass is 16.4. The largest absolute Gasteiger partial charge is 0.480 e. The van der Waals surface area contributed by atoms with Crippen LogP contribution in [0.2, 0.25) is 0 Å². The zero-order valence-electron chi connectivity index (χ0n) is 20.4. The summed E-state index contributed by atoms with van der Waals surface area (Å²) in [6.07, 6.45) is 14.6. The van der Waals surface area contributed by atoms with Gasteiger partial charge in [0.1, 0.15) is 11.8 Å². The number of aliphatic hydroxyl groups excluding tert-OH is 1. The fourth-order valence-electron chi connectivity index (χ4n) is 4.44. The number of aliphatic carboxylic acids is 1. The minimum Gasteiger partial charge on any atom is -0.480 e. The first-order chi connectivity index (χ1) is 15.3. The number of unbranched alkanes of at least 4 members (excludes halogenated alkanes) is 5. The van der Waals surface area contributed by atoms with Gasteiger partial charge in [-0.3, -0.25) is 9.59 Å². The summed E-state index contributed by atoms with van der Waals surface area (Å²) in [7, 11) is 0. The van der Waals surface area contributed by atoms with Crippen LogP contribution in [-0.4, -0.2) is 40.0 Å². The Morgan fingerprint density at radius 2 is 1.84 bits per heavy atom. The van der Waals surface area contributed by atoms with Crippen LogP contribution in [0.25, 0.3) is 0 Å². The van der Waals surface area contributed by atoms with Crippen LogP contribution in [0.3, 0.4) is 0 Å². The van der Waals surface area contributed by atoms with Crippen molar-refractivity contribution in [1.29, 1.82) is 0 Å². The molecule has 1 rings (SSSR count). The number of carbonyl (C=O) groups is 3. The van der Waals surface area contributed by atoms with Gasteiger partial charge in [-0.25, -0.2) is 4.79 Å². The molecule has 1 amide bonds. The van der Waals surface area contributed by atoms with Crippen LogP contribution < -0.4 is 5.32 Å². The molecule has 0 aromatic carbocycles. The van der Waals surface area contributed by atoms with Gasteiger partial charge in [0, 0.05) is 18.8 Å². The summed E-state index contributed by atoms with van der Waals surface area (Å²) in [4.78, 5) is 35.7. The number of ketones is 1. The first-order valence-electron chi connectivity index (χ1n) is 12.7. The summed E-state index contributed by atoms with van der Waals surface area (Å²) < 4.78 is 0. The molecule has 32 heavy (non-hydrogen) atoms. The van der Waals surface area contributed by atoms with E-state index in [2.05, 4.69) is 18.3 Å². The third-order valence-corrected chi connectivity index (χ3v) is 6.80. The fourth-order valence-corrected chi connectivity index (χ4v) is 4.44. The molecule has 0 bridgehead atoms. The van der Waals surface area contributed by atoms with Gasteiger partial charge in [0.2, 0.25) is 5.91 Å². The second kappa shape index (κ2) is 16.0. The van der Waals surface area contributed by atoms with Crippen molar-refractivity contribution in [2.24, 2.45) is 17.8 Å². The van der Waals surface area contributed by atoms with Gasteiger partial charge in [0.15, 0.2) is 0 Å². The van der Waals surface area contributed by atoms with Crippen molar-refractivity contribution in [3.05, 3.63) is 12.2 Å². The zero-order chi connectivity index (χ0) is 23.9. The lowest BCUT2D eigenvalue weighted by molar-refractivity contribution is -0.143. The minimum atomic E-state index is -0.981. The van der Waals surface area contributed by atoms with E-state index in [1.165, 1.54) is 0 Å². The van der Waals surface area contributed by atoms with E-state index in [0.717, 1.165) is 64.2 Å². The molecule has 0 heterocycles. The van der Waals surface area contributed by atoms with Gasteiger partial charge < -0.3 is 15.5 Å².